The lowest BCUT2D eigenvalue weighted by atomic mass is 9.93. The molecule has 1 atom stereocenters. The van der Waals surface area contributed by atoms with Gasteiger partial charge in [-0.3, -0.25) is 4.79 Å². The molecule has 144 valence electrons. The van der Waals surface area contributed by atoms with E-state index in [0.717, 1.165) is 34.5 Å². The summed E-state index contributed by atoms with van der Waals surface area (Å²) in [6.07, 6.45) is 2.19. The fraction of sp³-hybridized carbons (Fsp3) is 0.200. The van der Waals surface area contributed by atoms with Crippen molar-refractivity contribution < 1.29 is 13.5 Å². The van der Waals surface area contributed by atoms with Gasteiger partial charge in [0.1, 0.15) is 22.3 Å². The van der Waals surface area contributed by atoms with Crippen LogP contribution in [0.15, 0.2) is 53.5 Å². The second-order valence-corrected chi connectivity index (χ2v) is 6.82. The van der Waals surface area contributed by atoms with Crippen LogP contribution in [0, 0.1) is 11.6 Å². The fourth-order valence-electron chi connectivity index (χ4n) is 3.24. The summed E-state index contributed by atoms with van der Waals surface area (Å²) < 4.78 is 33.5. The Balaban J connectivity index is 1.57. The highest BCUT2D eigenvalue weighted by molar-refractivity contribution is 6.32. The van der Waals surface area contributed by atoms with Gasteiger partial charge in [0.25, 0.3) is 5.56 Å². The number of fused-ring (bicyclic) bond motifs is 1. The number of nitrogens with one attached hydrogen (secondary N) is 1. The summed E-state index contributed by atoms with van der Waals surface area (Å²) in [5, 5.41) is 7.02. The molecule has 0 saturated carbocycles. The molecule has 0 amide bonds. The Kier molecular flexibility index (Phi) is 5.00. The van der Waals surface area contributed by atoms with Gasteiger partial charge >= 0.3 is 0 Å². The van der Waals surface area contributed by atoms with Crippen LogP contribution >= 0.6 is 11.6 Å². The van der Waals surface area contributed by atoms with Crippen molar-refractivity contribution in [2.24, 2.45) is 0 Å². The molecule has 2 heterocycles. The van der Waals surface area contributed by atoms with Crippen LogP contribution in [-0.4, -0.2) is 22.9 Å². The van der Waals surface area contributed by atoms with Crippen LogP contribution in [0.1, 0.15) is 17.9 Å². The quantitative estimate of drug-likeness (QED) is 0.711. The molecule has 1 unspecified atom stereocenters. The summed E-state index contributed by atoms with van der Waals surface area (Å²) >= 11 is 6.19. The first-order chi connectivity index (χ1) is 13.5. The maximum atomic E-state index is 14.0. The minimum atomic E-state index is -0.898. The van der Waals surface area contributed by atoms with Crippen LogP contribution in [0.3, 0.4) is 0 Å². The molecule has 0 spiro atoms. The van der Waals surface area contributed by atoms with Gasteiger partial charge in [-0.1, -0.05) is 29.8 Å². The van der Waals surface area contributed by atoms with Gasteiger partial charge in [0.15, 0.2) is 5.82 Å². The van der Waals surface area contributed by atoms with E-state index in [1.807, 2.05) is 24.3 Å². The van der Waals surface area contributed by atoms with Crippen molar-refractivity contribution in [3.05, 3.63) is 81.2 Å². The van der Waals surface area contributed by atoms with Gasteiger partial charge in [0.05, 0.1) is 18.5 Å². The van der Waals surface area contributed by atoms with Crippen LogP contribution in [0.4, 0.5) is 14.5 Å². The van der Waals surface area contributed by atoms with Gasteiger partial charge in [-0.25, -0.2) is 8.78 Å². The van der Waals surface area contributed by atoms with E-state index in [-0.39, 0.29) is 16.6 Å². The van der Waals surface area contributed by atoms with Gasteiger partial charge in [-0.05, 0) is 30.2 Å². The highest BCUT2D eigenvalue weighted by Gasteiger charge is 2.21. The predicted octanol–water partition coefficient (Wildman–Crippen LogP) is 4.14. The molecule has 28 heavy (non-hydrogen) atoms. The number of nitrogens with zero attached hydrogens (tertiary/aromatic N) is 2. The molecule has 1 aliphatic rings. The van der Waals surface area contributed by atoms with Crippen LogP contribution in [0.25, 0.3) is 5.69 Å². The van der Waals surface area contributed by atoms with E-state index in [9.17, 15) is 13.6 Å². The molecular weight excluding hydrogens is 388 g/mol. The number of anilines is 1. The predicted molar refractivity (Wildman–Crippen MR) is 103 cm³/mol. The minimum absolute atomic E-state index is 0.112. The number of hydrogen-bond donors (Lipinski definition) is 1. The van der Waals surface area contributed by atoms with Gasteiger partial charge in [0.2, 0.25) is 0 Å². The normalized spacial score (nSPS) is 15.6. The van der Waals surface area contributed by atoms with E-state index in [0.29, 0.717) is 24.9 Å². The maximum absolute atomic E-state index is 14.0. The number of para-hydroxylation sites is 1. The van der Waals surface area contributed by atoms with Gasteiger partial charge in [0, 0.05) is 18.5 Å². The van der Waals surface area contributed by atoms with Crippen molar-refractivity contribution in [3.8, 4) is 11.4 Å². The summed E-state index contributed by atoms with van der Waals surface area (Å²) in [6, 6.07) is 10.7. The van der Waals surface area contributed by atoms with Crippen molar-refractivity contribution >= 4 is 17.3 Å². The largest absolute Gasteiger partial charge is 0.493 e. The first-order valence-electron chi connectivity index (χ1n) is 8.73. The van der Waals surface area contributed by atoms with E-state index in [1.165, 1.54) is 6.20 Å². The molecule has 1 aromatic heterocycles. The summed E-state index contributed by atoms with van der Waals surface area (Å²) in [7, 11) is 0. The van der Waals surface area contributed by atoms with Crippen molar-refractivity contribution in [2.45, 2.75) is 12.3 Å². The number of ether oxygens (including phenoxy) is 1. The van der Waals surface area contributed by atoms with Crippen molar-refractivity contribution in [1.29, 1.82) is 0 Å². The Morgan fingerprint density at radius 3 is 2.89 bits per heavy atom. The summed E-state index contributed by atoms with van der Waals surface area (Å²) in [6.45, 7) is 1.15. The molecule has 0 saturated heterocycles. The highest BCUT2D eigenvalue weighted by atomic mass is 35.5. The third-order valence-electron chi connectivity index (χ3n) is 4.68. The summed E-state index contributed by atoms with van der Waals surface area (Å²) in [5.74, 6) is -0.592. The molecule has 1 N–H and O–H groups in total. The van der Waals surface area contributed by atoms with Crippen LogP contribution in [0.2, 0.25) is 5.02 Å². The van der Waals surface area contributed by atoms with Crippen LogP contribution in [0.5, 0.6) is 5.75 Å². The smallest absolute Gasteiger partial charge is 0.292 e. The van der Waals surface area contributed by atoms with Crippen LogP contribution < -0.4 is 15.6 Å². The minimum Gasteiger partial charge on any atom is -0.493 e. The van der Waals surface area contributed by atoms with Crippen molar-refractivity contribution in [1.82, 2.24) is 9.78 Å². The maximum Gasteiger partial charge on any atom is 0.292 e. The Bertz CT molecular complexity index is 1090. The second-order valence-electron chi connectivity index (χ2n) is 6.44. The molecule has 0 radical (unpaired) electrons. The number of aromatic nitrogens is 2. The molecule has 0 aliphatic carbocycles. The first kappa shape index (κ1) is 18.4. The van der Waals surface area contributed by atoms with E-state index >= 15 is 0 Å². The fourth-order valence-corrected chi connectivity index (χ4v) is 3.44. The molecule has 0 fully saturated rings. The lowest BCUT2D eigenvalue weighted by Crippen LogP contribution is -2.25. The Morgan fingerprint density at radius 2 is 2.07 bits per heavy atom. The molecule has 1 aliphatic heterocycles. The van der Waals surface area contributed by atoms with Crippen LogP contribution in [-0.2, 0) is 0 Å². The van der Waals surface area contributed by atoms with E-state index in [4.69, 9.17) is 16.3 Å². The number of benzene rings is 2. The third-order valence-corrected chi connectivity index (χ3v) is 5.04. The third kappa shape index (κ3) is 3.45. The Morgan fingerprint density at radius 1 is 1.25 bits per heavy atom. The second kappa shape index (κ2) is 7.59. The zero-order chi connectivity index (χ0) is 19.7. The zero-order valence-corrected chi connectivity index (χ0v) is 15.4. The van der Waals surface area contributed by atoms with Gasteiger partial charge in [-0.15, -0.1) is 0 Å². The molecule has 4 rings (SSSR count). The average Bonchev–Trinajstić information content (AvgIpc) is 2.70. The zero-order valence-electron chi connectivity index (χ0n) is 14.7. The highest BCUT2D eigenvalue weighted by Crippen LogP contribution is 2.33. The number of hydrogen-bond acceptors (Lipinski definition) is 4. The Labute approximate surface area is 164 Å². The average molecular weight is 404 g/mol. The molecule has 2 aromatic carbocycles. The lowest BCUT2D eigenvalue weighted by molar-refractivity contribution is 0.270. The number of halogens is 3. The standard InChI is InChI=1S/C20H16ClF2N3O2/c21-19-16(24-10-12-7-8-28-18-4-2-1-3-14(12)18)11-25-26(20(19)27)17-6-5-13(22)9-15(17)23/h1-6,9,11-12,24H,7-8,10H2. The van der Waals surface area contributed by atoms with Gasteiger partial charge in [-0.2, -0.15) is 9.78 Å². The van der Waals surface area contributed by atoms with Gasteiger partial charge < -0.3 is 10.1 Å². The monoisotopic (exact) mass is 403 g/mol. The molecule has 8 heteroatoms. The van der Waals surface area contributed by atoms with E-state index in [2.05, 4.69) is 10.4 Å². The molecule has 3 aromatic rings. The first-order valence-corrected chi connectivity index (χ1v) is 9.11. The lowest BCUT2D eigenvalue weighted by Gasteiger charge is -2.26. The SMILES string of the molecule is O=c1c(Cl)c(NCC2CCOc3ccccc32)cnn1-c1ccc(F)cc1F. The van der Waals surface area contributed by atoms with Crippen molar-refractivity contribution in [3.63, 3.8) is 0 Å². The Hall–Kier alpha value is -2.93. The molecule has 0 bridgehead atoms. The number of rotatable bonds is 4. The topological polar surface area (TPSA) is 56.1 Å². The summed E-state index contributed by atoms with van der Waals surface area (Å²) in [5.41, 5.74) is 0.587. The molecule has 5 nitrogen and oxygen atoms in total. The summed E-state index contributed by atoms with van der Waals surface area (Å²) in [4.78, 5) is 12.5. The molecular formula is C20H16ClF2N3O2. The van der Waals surface area contributed by atoms with E-state index < -0.39 is 17.2 Å². The van der Waals surface area contributed by atoms with Crippen molar-refractivity contribution in [2.75, 3.05) is 18.5 Å². The van der Waals surface area contributed by atoms with E-state index in [1.54, 1.807) is 0 Å².